The molecule has 0 bridgehead atoms. The third kappa shape index (κ3) is 14.1. The van der Waals surface area contributed by atoms with Gasteiger partial charge in [-0.05, 0) is 55.1 Å². The van der Waals surface area contributed by atoms with E-state index in [1.165, 1.54) is 28.9 Å². The summed E-state index contributed by atoms with van der Waals surface area (Å²) in [6.07, 6.45) is -13.3. The summed E-state index contributed by atoms with van der Waals surface area (Å²) in [4.78, 5) is 51.6. The summed E-state index contributed by atoms with van der Waals surface area (Å²) in [7, 11) is 2.07. The maximum Gasteiger partial charge on any atom is 0.573 e. The molecule has 0 unspecified atom stereocenters. The molecule has 0 saturated carbocycles. The minimum atomic E-state index is -5.08. The highest BCUT2D eigenvalue weighted by atomic mass is 19.4. The molecule has 0 spiro atoms. The van der Waals surface area contributed by atoms with E-state index in [1.807, 2.05) is 6.07 Å². The fourth-order valence-electron chi connectivity index (χ4n) is 3.56. The molecule has 3 heterocycles. The fourth-order valence-corrected chi connectivity index (χ4v) is 3.56. The largest absolute Gasteiger partial charge is 0.573 e. The number of rotatable bonds is 6. The van der Waals surface area contributed by atoms with E-state index in [0.29, 0.717) is 0 Å². The number of carbonyl (C=O) groups is 3. The first-order chi connectivity index (χ1) is 22.5. The van der Waals surface area contributed by atoms with Gasteiger partial charge in [-0.1, -0.05) is 0 Å². The van der Waals surface area contributed by atoms with Crippen LogP contribution in [0.3, 0.4) is 0 Å². The van der Waals surface area contributed by atoms with Crippen LogP contribution in [0.15, 0.2) is 59.5 Å². The van der Waals surface area contributed by atoms with Crippen LogP contribution in [-0.4, -0.2) is 99.7 Å². The second-order valence-corrected chi connectivity index (χ2v) is 9.66. The van der Waals surface area contributed by atoms with Crippen molar-refractivity contribution >= 4 is 29.4 Å². The van der Waals surface area contributed by atoms with E-state index < -0.39 is 42.3 Å². The fraction of sp³-hybridized carbons (Fsp3) is 0.333. The number of piperazine rings is 1. The minimum Gasteiger partial charge on any atom is -0.475 e. The number of carbonyl (C=O) groups excluding carboxylic acids is 1. The number of amides is 1. The van der Waals surface area contributed by atoms with Crippen LogP contribution in [0.2, 0.25) is 0 Å². The first-order valence-corrected chi connectivity index (χ1v) is 13.3. The van der Waals surface area contributed by atoms with E-state index in [0.717, 1.165) is 49.7 Å². The third-order valence-electron chi connectivity index (χ3n) is 5.90. The van der Waals surface area contributed by atoms with E-state index >= 15 is 0 Å². The van der Waals surface area contributed by atoms with E-state index in [4.69, 9.17) is 19.8 Å². The average Bonchev–Trinajstić information content (AvgIpc) is 2.99. The van der Waals surface area contributed by atoms with Crippen molar-refractivity contribution < 1.29 is 68.8 Å². The molecular weight excluding hydrogens is 691 g/mol. The maximum absolute atomic E-state index is 12.6. The van der Waals surface area contributed by atoms with Crippen molar-refractivity contribution in [1.82, 2.24) is 19.7 Å². The number of aromatic nitrogens is 3. The van der Waals surface area contributed by atoms with Gasteiger partial charge in [0.05, 0.1) is 6.54 Å². The molecule has 1 aliphatic heterocycles. The molecular formula is C27H25F9N6O7. The lowest BCUT2D eigenvalue weighted by Crippen LogP contribution is -2.44. The zero-order valence-electron chi connectivity index (χ0n) is 24.8. The van der Waals surface area contributed by atoms with E-state index in [2.05, 4.69) is 37.0 Å². The molecule has 13 nitrogen and oxygen atoms in total. The number of hydrogen-bond donors (Lipinski definition) is 3. The van der Waals surface area contributed by atoms with Crippen LogP contribution in [0.1, 0.15) is 16.1 Å². The first-order valence-electron chi connectivity index (χ1n) is 13.3. The zero-order chi connectivity index (χ0) is 37.2. The predicted octanol–water partition coefficient (Wildman–Crippen LogP) is 3.86. The molecule has 1 aromatic carbocycles. The van der Waals surface area contributed by atoms with Crippen LogP contribution >= 0.6 is 0 Å². The predicted molar refractivity (Wildman–Crippen MR) is 150 cm³/mol. The number of carboxylic acids is 2. The third-order valence-corrected chi connectivity index (χ3v) is 5.90. The van der Waals surface area contributed by atoms with Gasteiger partial charge in [0.1, 0.15) is 17.3 Å². The first kappa shape index (κ1) is 39.8. The lowest BCUT2D eigenvalue weighted by atomic mass is 10.2. The van der Waals surface area contributed by atoms with Gasteiger partial charge in [-0.15, -0.1) is 13.2 Å². The molecule has 1 fully saturated rings. The number of hydrogen-bond acceptors (Lipinski definition) is 9. The molecule has 0 aliphatic carbocycles. The van der Waals surface area contributed by atoms with Crippen LogP contribution in [0.5, 0.6) is 5.75 Å². The molecule has 49 heavy (non-hydrogen) atoms. The van der Waals surface area contributed by atoms with Gasteiger partial charge in [0.25, 0.3) is 11.5 Å². The van der Waals surface area contributed by atoms with Crippen LogP contribution in [0, 0.1) is 0 Å². The second kappa shape index (κ2) is 16.6. The standard InChI is InChI=1S/C23H23F3N6O3.2C2HF3O2/c1-30-10-12-31(13-11-30)20-14-16(8-9-27-20)15-32-21(33)7-6-19(29-32)22(34)28-17-2-4-18(5-3-17)35-23(24,25)26;2*3-2(4,5)1(6)7/h2-9,14H,10-13,15H2,1H3,(H,28,34);2*(H,6,7). The number of alkyl halides is 9. The maximum atomic E-state index is 12.6. The van der Waals surface area contributed by atoms with Gasteiger partial charge in [0.2, 0.25) is 0 Å². The minimum absolute atomic E-state index is 0.0198. The normalized spacial score (nSPS) is 13.6. The number of aliphatic carboxylic acids is 2. The molecule has 2 aromatic heterocycles. The van der Waals surface area contributed by atoms with Gasteiger partial charge < -0.3 is 30.1 Å². The number of nitrogens with one attached hydrogen (secondary N) is 1. The molecule has 1 aliphatic rings. The molecule has 1 saturated heterocycles. The monoisotopic (exact) mass is 716 g/mol. The number of likely N-dealkylation sites (N-methyl/N-ethyl adjacent to an activating group) is 1. The Hall–Kier alpha value is -5.41. The number of ether oxygens (including phenoxy) is 1. The van der Waals surface area contributed by atoms with Crippen LogP contribution < -0.4 is 20.5 Å². The topological polar surface area (TPSA) is 167 Å². The number of carboxylic acid groups (broad SMARTS) is 2. The Morgan fingerprint density at radius 3 is 1.86 bits per heavy atom. The Bertz CT molecular complexity index is 1610. The number of nitrogens with zero attached hydrogens (tertiary/aromatic N) is 5. The lowest BCUT2D eigenvalue weighted by Gasteiger charge is -2.33. The average molecular weight is 717 g/mol. The molecule has 22 heteroatoms. The number of anilines is 2. The van der Waals surface area contributed by atoms with Crippen LogP contribution in [0.4, 0.5) is 51.0 Å². The van der Waals surface area contributed by atoms with Gasteiger partial charge in [0.15, 0.2) is 0 Å². The molecule has 0 atom stereocenters. The van der Waals surface area contributed by atoms with Crippen LogP contribution in [-0.2, 0) is 16.1 Å². The summed E-state index contributed by atoms with van der Waals surface area (Å²) in [5.41, 5.74) is 0.651. The van der Waals surface area contributed by atoms with Crippen molar-refractivity contribution in [3.63, 3.8) is 0 Å². The zero-order valence-corrected chi connectivity index (χ0v) is 24.8. The van der Waals surface area contributed by atoms with E-state index in [9.17, 15) is 49.1 Å². The van der Waals surface area contributed by atoms with Gasteiger partial charge >= 0.3 is 30.7 Å². The lowest BCUT2D eigenvalue weighted by molar-refractivity contribution is -0.274. The van der Waals surface area contributed by atoms with E-state index in [-0.39, 0.29) is 23.5 Å². The summed E-state index contributed by atoms with van der Waals surface area (Å²) in [5.74, 6) is -5.72. The highest BCUT2D eigenvalue weighted by molar-refractivity contribution is 6.02. The molecule has 3 aromatic rings. The molecule has 4 rings (SSSR count). The Morgan fingerprint density at radius 2 is 1.37 bits per heavy atom. The number of pyridine rings is 1. The van der Waals surface area contributed by atoms with Gasteiger partial charge in [0, 0.05) is 44.1 Å². The smallest absolute Gasteiger partial charge is 0.475 e. The van der Waals surface area contributed by atoms with Gasteiger partial charge in [-0.25, -0.2) is 19.3 Å². The molecule has 0 radical (unpaired) electrons. The van der Waals surface area contributed by atoms with Crippen molar-refractivity contribution in [2.45, 2.75) is 25.3 Å². The Morgan fingerprint density at radius 1 is 0.837 bits per heavy atom. The summed E-state index contributed by atoms with van der Waals surface area (Å²) in [5, 5.41) is 21.0. The van der Waals surface area contributed by atoms with Crippen molar-refractivity contribution in [2.75, 3.05) is 43.4 Å². The van der Waals surface area contributed by atoms with Gasteiger partial charge in [-0.2, -0.15) is 31.4 Å². The highest BCUT2D eigenvalue weighted by Crippen LogP contribution is 2.24. The molecule has 268 valence electrons. The second-order valence-electron chi connectivity index (χ2n) is 9.66. The Labute approximate surface area is 269 Å². The SMILES string of the molecule is CN1CCN(c2cc(Cn3nc(C(=O)Nc4ccc(OC(F)(F)F)cc4)ccc3=O)ccn2)CC1.O=C(O)C(F)(F)F.O=C(O)C(F)(F)F. The Balaban J connectivity index is 0.000000500. The van der Waals surface area contributed by atoms with E-state index in [1.54, 1.807) is 12.3 Å². The van der Waals surface area contributed by atoms with Crippen molar-refractivity contribution in [3.05, 3.63) is 76.3 Å². The summed E-state index contributed by atoms with van der Waals surface area (Å²) < 4.78 is 105. The summed E-state index contributed by atoms with van der Waals surface area (Å²) >= 11 is 0. The van der Waals surface area contributed by atoms with Crippen LogP contribution in [0.25, 0.3) is 0 Å². The quantitative estimate of drug-likeness (QED) is 0.317. The van der Waals surface area contributed by atoms with Crippen molar-refractivity contribution in [2.24, 2.45) is 0 Å². The molecule has 3 N–H and O–H groups in total. The molecule has 1 amide bonds. The highest BCUT2D eigenvalue weighted by Gasteiger charge is 2.39. The summed E-state index contributed by atoms with van der Waals surface area (Å²) in [6, 6.07) is 10.9. The Kier molecular flexibility index (Phi) is 13.5. The van der Waals surface area contributed by atoms with Gasteiger partial charge in [-0.3, -0.25) is 9.59 Å². The van der Waals surface area contributed by atoms with Crippen molar-refractivity contribution in [3.8, 4) is 5.75 Å². The number of benzene rings is 1. The van der Waals surface area contributed by atoms with Crippen molar-refractivity contribution in [1.29, 1.82) is 0 Å². The number of halogens is 9. The summed E-state index contributed by atoms with van der Waals surface area (Å²) in [6.45, 7) is 3.71.